The molecule has 0 aromatic carbocycles. The number of aliphatic carboxylic acids is 1. The average Bonchev–Trinajstić information content (AvgIpc) is 2.66. The smallest absolute Gasteiger partial charge is 0.339 e. The van der Waals surface area contributed by atoms with E-state index < -0.39 is 39.8 Å². The van der Waals surface area contributed by atoms with Crippen molar-refractivity contribution in [3.63, 3.8) is 0 Å². The molecule has 1 aromatic heterocycles. The number of rotatable bonds is 8. The van der Waals surface area contributed by atoms with Gasteiger partial charge in [0.15, 0.2) is 0 Å². The standard InChI is InChI=1S/C9H17N3O8P2/c1-11-3-7(10-4-11)2-8(9(13)14)12(5-21(15,16)17)6-22(18,19)20/h3-4,8H,2,5-6H2,1H3,(H,13,14)(H2,15,16,17)(H2,18,19,20). The first-order valence-corrected chi connectivity index (χ1v) is 9.50. The number of hydrogen-bond acceptors (Lipinski definition) is 5. The van der Waals surface area contributed by atoms with E-state index in [2.05, 4.69) is 4.98 Å². The molecule has 0 saturated carbocycles. The molecule has 0 aliphatic rings. The van der Waals surface area contributed by atoms with Crippen LogP contribution < -0.4 is 0 Å². The minimum absolute atomic E-state index is 0.254. The van der Waals surface area contributed by atoms with Crippen molar-refractivity contribution in [3.8, 4) is 0 Å². The van der Waals surface area contributed by atoms with Gasteiger partial charge in [-0.25, -0.2) is 4.98 Å². The third-order valence-corrected chi connectivity index (χ3v) is 4.08. The van der Waals surface area contributed by atoms with Crippen LogP contribution in [0.5, 0.6) is 0 Å². The van der Waals surface area contributed by atoms with Crippen LogP contribution in [0.4, 0.5) is 0 Å². The van der Waals surface area contributed by atoms with Gasteiger partial charge in [0, 0.05) is 19.7 Å². The molecule has 0 amide bonds. The van der Waals surface area contributed by atoms with Gasteiger partial charge in [0.25, 0.3) is 0 Å². The van der Waals surface area contributed by atoms with Gasteiger partial charge in [0.1, 0.15) is 18.6 Å². The van der Waals surface area contributed by atoms with Crippen molar-refractivity contribution in [2.24, 2.45) is 7.05 Å². The number of carboxylic acid groups (broad SMARTS) is 1. The molecule has 0 radical (unpaired) electrons. The van der Waals surface area contributed by atoms with Crippen LogP contribution in [-0.2, 0) is 27.4 Å². The second kappa shape index (κ2) is 7.01. The lowest BCUT2D eigenvalue weighted by atomic mass is 10.1. The molecule has 11 nitrogen and oxygen atoms in total. The molecule has 0 saturated heterocycles. The second-order valence-corrected chi connectivity index (χ2v) is 8.01. The van der Waals surface area contributed by atoms with Crippen LogP contribution in [0.1, 0.15) is 5.69 Å². The molecule has 0 aliphatic carbocycles. The lowest BCUT2D eigenvalue weighted by Gasteiger charge is -2.28. The van der Waals surface area contributed by atoms with Gasteiger partial charge in [-0.2, -0.15) is 0 Å². The van der Waals surface area contributed by atoms with Crippen molar-refractivity contribution >= 4 is 21.2 Å². The highest BCUT2D eigenvalue weighted by Gasteiger charge is 2.35. The van der Waals surface area contributed by atoms with E-state index in [4.69, 9.17) is 19.6 Å². The van der Waals surface area contributed by atoms with Crippen molar-refractivity contribution in [1.82, 2.24) is 14.5 Å². The monoisotopic (exact) mass is 357 g/mol. The molecule has 5 N–H and O–H groups in total. The summed E-state index contributed by atoms with van der Waals surface area (Å²) in [6.45, 7) is 0. The molecule has 126 valence electrons. The molecular formula is C9H17N3O8P2. The van der Waals surface area contributed by atoms with Crippen LogP contribution in [0.2, 0.25) is 0 Å². The summed E-state index contributed by atoms with van der Waals surface area (Å²) in [6.07, 6.45) is 0.494. The average molecular weight is 357 g/mol. The zero-order valence-corrected chi connectivity index (χ0v) is 13.3. The quantitative estimate of drug-likeness (QED) is 0.363. The Bertz CT molecular complexity index is 596. The fourth-order valence-electron chi connectivity index (χ4n) is 1.86. The van der Waals surface area contributed by atoms with Crippen LogP contribution in [0.15, 0.2) is 12.5 Å². The van der Waals surface area contributed by atoms with Crippen molar-refractivity contribution in [2.45, 2.75) is 12.5 Å². The molecule has 13 heteroatoms. The zero-order chi connectivity index (χ0) is 17.1. The summed E-state index contributed by atoms with van der Waals surface area (Å²) >= 11 is 0. The second-order valence-electron chi connectivity index (χ2n) is 4.79. The normalized spacial score (nSPS) is 14.3. The Morgan fingerprint density at radius 2 is 1.77 bits per heavy atom. The van der Waals surface area contributed by atoms with Gasteiger partial charge in [-0.3, -0.25) is 18.8 Å². The molecule has 1 unspecified atom stereocenters. The van der Waals surface area contributed by atoms with E-state index >= 15 is 0 Å². The topological polar surface area (TPSA) is 173 Å². The third kappa shape index (κ3) is 6.80. The summed E-state index contributed by atoms with van der Waals surface area (Å²) in [5, 5.41) is 9.22. The predicted molar refractivity (Wildman–Crippen MR) is 74.0 cm³/mol. The molecule has 0 bridgehead atoms. The number of carboxylic acids is 1. The minimum atomic E-state index is -4.71. The van der Waals surface area contributed by atoms with Crippen molar-refractivity contribution in [3.05, 3.63) is 18.2 Å². The summed E-state index contributed by atoms with van der Waals surface area (Å²) in [5.41, 5.74) is 0.316. The van der Waals surface area contributed by atoms with Gasteiger partial charge < -0.3 is 29.2 Å². The molecule has 1 atom stereocenters. The summed E-state index contributed by atoms with van der Waals surface area (Å²) in [7, 11) is -7.77. The van der Waals surface area contributed by atoms with Gasteiger partial charge in [-0.05, 0) is 0 Å². The molecule has 1 heterocycles. The van der Waals surface area contributed by atoms with E-state index in [1.807, 2.05) is 0 Å². The number of imidazole rings is 1. The number of carbonyl (C=O) groups is 1. The molecule has 22 heavy (non-hydrogen) atoms. The van der Waals surface area contributed by atoms with E-state index in [0.29, 0.717) is 10.6 Å². The first kappa shape index (κ1) is 19.0. The fraction of sp³-hybridized carbons (Fsp3) is 0.556. The van der Waals surface area contributed by atoms with Gasteiger partial charge in [-0.15, -0.1) is 0 Å². The Balaban J connectivity index is 3.05. The SMILES string of the molecule is Cn1cnc(CC(C(=O)O)N(CP(=O)(O)O)CP(=O)(O)O)c1. The highest BCUT2D eigenvalue weighted by molar-refractivity contribution is 7.52. The van der Waals surface area contributed by atoms with Crippen LogP contribution in [0.3, 0.4) is 0 Å². The van der Waals surface area contributed by atoms with E-state index in [-0.39, 0.29) is 6.42 Å². The van der Waals surface area contributed by atoms with Gasteiger partial charge >= 0.3 is 21.2 Å². The minimum Gasteiger partial charge on any atom is -0.480 e. The summed E-state index contributed by atoms with van der Waals surface area (Å²) in [6, 6.07) is -1.53. The maximum Gasteiger partial charge on any atom is 0.339 e. The number of nitrogens with zero attached hydrogens (tertiary/aromatic N) is 3. The first-order valence-electron chi connectivity index (χ1n) is 5.90. The van der Waals surface area contributed by atoms with Gasteiger partial charge in [-0.1, -0.05) is 0 Å². The molecule has 1 rings (SSSR count). The van der Waals surface area contributed by atoms with E-state index in [1.165, 1.54) is 12.5 Å². The van der Waals surface area contributed by atoms with Crippen molar-refractivity contribution < 1.29 is 38.6 Å². The summed E-state index contributed by atoms with van der Waals surface area (Å²) in [5.74, 6) is -1.47. The van der Waals surface area contributed by atoms with E-state index in [1.54, 1.807) is 11.6 Å². The highest BCUT2D eigenvalue weighted by atomic mass is 31.2. The maximum atomic E-state index is 11.3. The molecular weight excluding hydrogens is 340 g/mol. The Morgan fingerprint density at radius 1 is 1.27 bits per heavy atom. The third-order valence-electron chi connectivity index (χ3n) is 2.62. The number of aromatic nitrogens is 2. The Hall–Kier alpha value is -1.06. The Kier molecular flexibility index (Phi) is 6.05. The molecule has 1 aromatic rings. The summed E-state index contributed by atoms with van der Waals surface area (Å²) < 4.78 is 23.7. The van der Waals surface area contributed by atoms with Crippen molar-refractivity contribution in [2.75, 3.05) is 12.6 Å². The van der Waals surface area contributed by atoms with Gasteiger partial charge in [0.05, 0.1) is 12.0 Å². The Labute approximate surface area is 125 Å². The lowest BCUT2D eigenvalue weighted by molar-refractivity contribution is -0.142. The predicted octanol–water partition coefficient (Wildman–Crippen LogP) is -1.01. The van der Waals surface area contributed by atoms with E-state index in [0.717, 1.165) is 0 Å². The first-order chi connectivity index (χ1) is 9.87. The number of hydrogen-bond donors (Lipinski definition) is 5. The fourth-order valence-corrected chi connectivity index (χ4v) is 3.56. The molecule has 0 spiro atoms. The highest BCUT2D eigenvalue weighted by Crippen LogP contribution is 2.41. The maximum absolute atomic E-state index is 11.3. The van der Waals surface area contributed by atoms with Gasteiger partial charge in [0.2, 0.25) is 0 Å². The van der Waals surface area contributed by atoms with Crippen LogP contribution in [0.25, 0.3) is 0 Å². The largest absolute Gasteiger partial charge is 0.480 e. The van der Waals surface area contributed by atoms with E-state index in [9.17, 15) is 19.0 Å². The number of aryl methyl sites for hydroxylation is 1. The van der Waals surface area contributed by atoms with Crippen molar-refractivity contribution in [1.29, 1.82) is 0 Å². The zero-order valence-electron chi connectivity index (χ0n) is 11.6. The summed E-state index contributed by atoms with van der Waals surface area (Å²) in [4.78, 5) is 51.8. The van der Waals surface area contributed by atoms with Crippen LogP contribution in [0, 0.1) is 0 Å². The molecule has 0 aliphatic heterocycles. The van der Waals surface area contributed by atoms with Crippen LogP contribution >= 0.6 is 15.2 Å². The van der Waals surface area contributed by atoms with Crippen LogP contribution in [-0.4, -0.2) is 63.7 Å². The molecule has 0 fully saturated rings. The lowest BCUT2D eigenvalue weighted by Crippen LogP contribution is -2.43. The Morgan fingerprint density at radius 3 is 2.09 bits per heavy atom.